The molecule has 0 bridgehead atoms. The minimum absolute atomic E-state index is 0.228. The van der Waals surface area contributed by atoms with Crippen LogP contribution in [0.2, 0.25) is 5.02 Å². The van der Waals surface area contributed by atoms with Gasteiger partial charge in [-0.15, -0.1) is 0 Å². The van der Waals surface area contributed by atoms with Crippen molar-refractivity contribution in [3.05, 3.63) is 56.1 Å². The zero-order chi connectivity index (χ0) is 22.5. The molecule has 0 saturated carbocycles. The van der Waals surface area contributed by atoms with Crippen LogP contribution in [0, 0.1) is 3.57 Å². The number of nitrogens with one attached hydrogen (secondary N) is 3. The number of barbiturate groups is 1. The van der Waals surface area contributed by atoms with Crippen LogP contribution >= 0.6 is 34.2 Å². The van der Waals surface area contributed by atoms with E-state index in [0.717, 1.165) is 0 Å². The Morgan fingerprint density at radius 1 is 1.13 bits per heavy atom. The number of anilines is 1. The summed E-state index contributed by atoms with van der Waals surface area (Å²) < 4.78 is 11.5. The van der Waals surface area contributed by atoms with Gasteiger partial charge in [-0.1, -0.05) is 11.6 Å². The molecule has 0 atom stereocenters. The number of urea groups is 1. The number of amides is 5. The summed E-state index contributed by atoms with van der Waals surface area (Å²) in [6, 6.07) is 8.94. The van der Waals surface area contributed by atoms with E-state index in [1.807, 2.05) is 33.2 Å². The number of imide groups is 2. The van der Waals surface area contributed by atoms with Gasteiger partial charge in [0.25, 0.3) is 17.7 Å². The number of halogens is 2. The largest absolute Gasteiger partial charge is 0.493 e. The average molecular weight is 556 g/mol. The highest BCUT2D eigenvalue weighted by Crippen LogP contribution is 2.34. The molecule has 1 aliphatic rings. The molecule has 9 nitrogen and oxygen atoms in total. The van der Waals surface area contributed by atoms with Crippen molar-refractivity contribution in [3.63, 3.8) is 0 Å². The maximum Gasteiger partial charge on any atom is 0.328 e. The Bertz CT molecular complexity index is 1080. The normalized spacial score (nSPS) is 13.3. The maximum absolute atomic E-state index is 12.2. The van der Waals surface area contributed by atoms with E-state index >= 15 is 0 Å². The van der Waals surface area contributed by atoms with Gasteiger partial charge in [-0.3, -0.25) is 25.0 Å². The molecule has 0 unspecified atom stereocenters. The smallest absolute Gasteiger partial charge is 0.328 e. The predicted molar refractivity (Wildman–Crippen MR) is 121 cm³/mol. The lowest BCUT2D eigenvalue weighted by atomic mass is 10.1. The SMILES string of the molecule is COc1cc(C=C2C(=O)NC(=O)NC2=O)cc(I)c1OCC(=O)Nc1ccc(Cl)cc1. The second kappa shape index (κ2) is 9.79. The third-order valence-corrected chi connectivity index (χ3v) is 5.04. The quantitative estimate of drug-likeness (QED) is 0.286. The first-order valence-electron chi connectivity index (χ1n) is 8.71. The molecule has 11 heteroatoms. The van der Waals surface area contributed by atoms with Crippen LogP contribution in [0.4, 0.5) is 10.5 Å². The summed E-state index contributed by atoms with van der Waals surface area (Å²) >= 11 is 7.80. The molecule has 0 aliphatic carbocycles. The Morgan fingerprint density at radius 3 is 2.39 bits per heavy atom. The van der Waals surface area contributed by atoms with Gasteiger partial charge in [-0.05, 0) is 70.6 Å². The van der Waals surface area contributed by atoms with Crippen molar-refractivity contribution in [1.29, 1.82) is 0 Å². The second-order valence-electron chi connectivity index (χ2n) is 6.17. The number of methoxy groups -OCH3 is 1. The number of carbonyl (C=O) groups excluding carboxylic acids is 4. The third kappa shape index (κ3) is 5.73. The molecule has 1 fully saturated rings. The summed E-state index contributed by atoms with van der Waals surface area (Å²) in [5, 5.41) is 7.24. The summed E-state index contributed by atoms with van der Waals surface area (Å²) in [5.41, 5.74) is 0.812. The van der Waals surface area contributed by atoms with Crippen LogP contribution in [0.15, 0.2) is 42.0 Å². The molecule has 0 radical (unpaired) electrons. The highest BCUT2D eigenvalue weighted by Gasteiger charge is 2.28. The molecule has 1 saturated heterocycles. The van der Waals surface area contributed by atoms with Crippen molar-refractivity contribution < 1.29 is 28.7 Å². The predicted octanol–water partition coefficient (Wildman–Crippen LogP) is 2.72. The second-order valence-corrected chi connectivity index (χ2v) is 7.77. The van der Waals surface area contributed by atoms with Gasteiger partial charge in [-0.25, -0.2) is 4.79 Å². The van der Waals surface area contributed by atoms with Crippen LogP contribution in [0.5, 0.6) is 11.5 Å². The number of rotatable bonds is 6. The van der Waals surface area contributed by atoms with Crippen molar-refractivity contribution >= 4 is 69.7 Å². The van der Waals surface area contributed by atoms with E-state index in [-0.39, 0.29) is 18.1 Å². The first-order valence-corrected chi connectivity index (χ1v) is 10.2. The van der Waals surface area contributed by atoms with Gasteiger partial charge in [0, 0.05) is 10.7 Å². The molecule has 31 heavy (non-hydrogen) atoms. The Kier molecular flexibility index (Phi) is 7.13. The van der Waals surface area contributed by atoms with Gasteiger partial charge >= 0.3 is 6.03 Å². The molecule has 0 aromatic heterocycles. The summed E-state index contributed by atoms with van der Waals surface area (Å²) in [4.78, 5) is 47.1. The van der Waals surface area contributed by atoms with Crippen molar-refractivity contribution in [2.24, 2.45) is 0 Å². The monoisotopic (exact) mass is 555 g/mol. The van der Waals surface area contributed by atoms with E-state index in [9.17, 15) is 19.2 Å². The molecule has 5 amide bonds. The van der Waals surface area contributed by atoms with Crippen LogP contribution < -0.4 is 25.4 Å². The molecule has 3 rings (SSSR count). The first-order chi connectivity index (χ1) is 14.8. The topological polar surface area (TPSA) is 123 Å². The van der Waals surface area contributed by atoms with Gasteiger partial charge in [0.15, 0.2) is 18.1 Å². The van der Waals surface area contributed by atoms with Crippen LogP contribution in [0.3, 0.4) is 0 Å². The Labute approximate surface area is 195 Å². The van der Waals surface area contributed by atoms with Crippen molar-refractivity contribution in [2.75, 3.05) is 19.0 Å². The molecular weight excluding hydrogens is 541 g/mol. The first kappa shape index (κ1) is 22.6. The maximum atomic E-state index is 12.2. The molecule has 2 aromatic rings. The van der Waals surface area contributed by atoms with E-state index in [1.54, 1.807) is 36.4 Å². The van der Waals surface area contributed by atoms with E-state index < -0.39 is 17.8 Å². The summed E-state index contributed by atoms with van der Waals surface area (Å²) in [6.07, 6.45) is 1.32. The highest BCUT2D eigenvalue weighted by molar-refractivity contribution is 14.1. The Hall–Kier alpha value is -3.12. The number of carbonyl (C=O) groups is 4. The number of benzene rings is 2. The minimum atomic E-state index is -0.875. The van der Waals surface area contributed by atoms with Gasteiger partial charge in [0.05, 0.1) is 10.7 Å². The zero-order valence-electron chi connectivity index (χ0n) is 16.0. The lowest BCUT2D eigenvalue weighted by Gasteiger charge is -2.16. The molecule has 0 spiro atoms. The number of hydrogen-bond acceptors (Lipinski definition) is 6. The summed E-state index contributed by atoms with van der Waals surface area (Å²) in [6.45, 7) is -0.275. The van der Waals surface area contributed by atoms with Crippen LogP contribution in [0.1, 0.15) is 5.56 Å². The van der Waals surface area contributed by atoms with E-state index in [0.29, 0.717) is 31.3 Å². The standard InChI is InChI=1S/C20H15ClIN3O6/c1-30-15-8-10(6-13-18(27)24-20(29)25-19(13)28)7-14(22)17(15)31-9-16(26)23-12-4-2-11(21)3-5-12/h2-8H,9H2,1H3,(H,23,26)(H2,24,25,27,28,29). The summed E-state index contributed by atoms with van der Waals surface area (Å²) in [7, 11) is 1.42. The molecule has 1 aliphatic heterocycles. The van der Waals surface area contributed by atoms with E-state index in [4.69, 9.17) is 21.1 Å². The molecule has 3 N–H and O–H groups in total. The lowest BCUT2D eigenvalue weighted by Crippen LogP contribution is -2.51. The summed E-state index contributed by atoms with van der Waals surface area (Å²) in [5.74, 6) is -1.37. The van der Waals surface area contributed by atoms with E-state index in [2.05, 4.69) is 5.32 Å². The van der Waals surface area contributed by atoms with Gasteiger partial charge in [-0.2, -0.15) is 0 Å². The molecule has 2 aromatic carbocycles. The fourth-order valence-corrected chi connectivity index (χ4v) is 3.51. The van der Waals surface area contributed by atoms with Crippen molar-refractivity contribution in [1.82, 2.24) is 10.6 Å². The van der Waals surface area contributed by atoms with Crippen LogP contribution in [-0.2, 0) is 14.4 Å². The van der Waals surface area contributed by atoms with Gasteiger partial charge in [0.1, 0.15) is 5.57 Å². The Morgan fingerprint density at radius 2 is 1.77 bits per heavy atom. The van der Waals surface area contributed by atoms with Gasteiger partial charge < -0.3 is 14.8 Å². The van der Waals surface area contributed by atoms with E-state index in [1.165, 1.54) is 13.2 Å². The fourth-order valence-electron chi connectivity index (χ4n) is 2.60. The van der Waals surface area contributed by atoms with Gasteiger partial charge in [0.2, 0.25) is 0 Å². The minimum Gasteiger partial charge on any atom is -0.493 e. The highest BCUT2D eigenvalue weighted by atomic mass is 127. The molecule has 160 valence electrons. The lowest BCUT2D eigenvalue weighted by molar-refractivity contribution is -0.124. The zero-order valence-corrected chi connectivity index (χ0v) is 18.9. The third-order valence-electron chi connectivity index (χ3n) is 3.98. The van der Waals surface area contributed by atoms with Crippen LogP contribution in [0.25, 0.3) is 6.08 Å². The van der Waals surface area contributed by atoms with Crippen molar-refractivity contribution in [2.45, 2.75) is 0 Å². The molecular formula is C20H15ClIN3O6. The fraction of sp³-hybridized carbons (Fsp3) is 0.100. The number of hydrogen-bond donors (Lipinski definition) is 3. The number of ether oxygens (including phenoxy) is 2. The van der Waals surface area contributed by atoms with Crippen molar-refractivity contribution in [3.8, 4) is 11.5 Å². The van der Waals surface area contributed by atoms with Crippen LogP contribution in [-0.4, -0.2) is 37.5 Å². The average Bonchev–Trinajstić information content (AvgIpc) is 2.71. The molecule has 1 heterocycles. The Balaban J connectivity index is 1.75.